The zero-order valence-electron chi connectivity index (χ0n) is 17.0. The van der Waals surface area contributed by atoms with Gasteiger partial charge < -0.3 is 14.5 Å². The van der Waals surface area contributed by atoms with Gasteiger partial charge in [-0.3, -0.25) is 9.59 Å². The van der Waals surface area contributed by atoms with Gasteiger partial charge in [-0.1, -0.05) is 23.4 Å². The highest BCUT2D eigenvalue weighted by Crippen LogP contribution is 2.18. The van der Waals surface area contributed by atoms with Gasteiger partial charge in [0, 0.05) is 18.8 Å². The van der Waals surface area contributed by atoms with Crippen LogP contribution in [0.3, 0.4) is 0 Å². The van der Waals surface area contributed by atoms with E-state index >= 15 is 0 Å². The first-order valence-electron chi connectivity index (χ1n) is 9.91. The minimum Gasteiger partial charge on any atom is -0.462 e. The summed E-state index contributed by atoms with van der Waals surface area (Å²) in [6.07, 6.45) is 1.70. The van der Waals surface area contributed by atoms with E-state index in [1.165, 1.54) is 9.80 Å². The molecule has 1 saturated heterocycles. The summed E-state index contributed by atoms with van der Waals surface area (Å²) in [7, 11) is 0. The second kappa shape index (κ2) is 8.78. The first-order chi connectivity index (χ1) is 15.1. The fourth-order valence-electron chi connectivity index (χ4n) is 3.34. The Kier molecular flexibility index (Phi) is 5.74. The van der Waals surface area contributed by atoms with Crippen molar-refractivity contribution in [1.82, 2.24) is 19.9 Å². The van der Waals surface area contributed by atoms with E-state index in [0.717, 1.165) is 0 Å². The topological polar surface area (TPSA) is 97.6 Å². The smallest absolute Gasteiger partial charge is 0.338 e. The maximum atomic E-state index is 12.6. The molecule has 2 amide bonds. The molecule has 1 aromatic heterocycles. The van der Waals surface area contributed by atoms with Gasteiger partial charge in [0.15, 0.2) is 0 Å². The molecule has 0 spiro atoms. The molecule has 0 aliphatic carbocycles. The average molecular weight is 419 g/mol. The first-order valence-corrected chi connectivity index (χ1v) is 9.91. The zero-order chi connectivity index (χ0) is 21.8. The third-order valence-electron chi connectivity index (χ3n) is 4.91. The lowest BCUT2D eigenvalue weighted by Crippen LogP contribution is -2.54. The van der Waals surface area contributed by atoms with Crippen LogP contribution in [0, 0.1) is 0 Å². The molecule has 0 unspecified atom stereocenters. The Labute approximate surface area is 178 Å². The van der Waals surface area contributed by atoms with Gasteiger partial charge in [-0.25, -0.2) is 9.48 Å². The highest BCUT2D eigenvalue weighted by atomic mass is 16.5. The summed E-state index contributed by atoms with van der Waals surface area (Å²) in [4.78, 5) is 39.8. The number of esters is 1. The maximum absolute atomic E-state index is 12.6. The van der Waals surface area contributed by atoms with Crippen LogP contribution in [0.25, 0.3) is 5.69 Å². The van der Waals surface area contributed by atoms with Crippen molar-refractivity contribution in [1.29, 1.82) is 0 Å². The van der Waals surface area contributed by atoms with Crippen LogP contribution < -0.4 is 4.90 Å². The normalized spacial score (nSPS) is 14.1. The number of para-hydroxylation sites is 1. The summed E-state index contributed by atoms with van der Waals surface area (Å²) in [6.45, 7) is 3.07. The monoisotopic (exact) mass is 419 g/mol. The van der Waals surface area contributed by atoms with Gasteiger partial charge >= 0.3 is 17.8 Å². The molecule has 0 saturated carbocycles. The lowest BCUT2D eigenvalue weighted by molar-refractivity contribution is -0.146. The molecule has 1 aliphatic heterocycles. The largest absolute Gasteiger partial charge is 0.462 e. The summed E-state index contributed by atoms with van der Waals surface area (Å²) in [6, 6.07) is 15.9. The molecule has 3 aromatic rings. The van der Waals surface area contributed by atoms with Gasteiger partial charge in [0.05, 0.1) is 30.6 Å². The van der Waals surface area contributed by atoms with Crippen LogP contribution in [0.5, 0.6) is 0 Å². The standard InChI is InChI=1S/C22H21N5O4/c1-2-31-22(30)16-8-10-19(11-9-16)27-15-17(23-24-27)14-25-12-13-26(21(29)20(25)28)18-6-4-3-5-7-18/h3-11,15H,2,12-14H2,1H3. The Morgan fingerprint density at radius 3 is 2.42 bits per heavy atom. The Morgan fingerprint density at radius 1 is 0.968 bits per heavy atom. The van der Waals surface area contributed by atoms with Gasteiger partial charge in [0.25, 0.3) is 0 Å². The summed E-state index contributed by atoms with van der Waals surface area (Å²) < 4.78 is 6.53. The van der Waals surface area contributed by atoms with Crippen molar-refractivity contribution in [2.45, 2.75) is 13.5 Å². The number of benzene rings is 2. The molecule has 1 aliphatic rings. The Hall–Kier alpha value is -4.01. The molecule has 9 heteroatoms. The van der Waals surface area contributed by atoms with Crippen LogP contribution in [-0.2, 0) is 20.9 Å². The minimum absolute atomic E-state index is 0.189. The number of piperazine rings is 1. The molecule has 9 nitrogen and oxygen atoms in total. The number of amides is 2. The Bertz CT molecular complexity index is 1090. The molecule has 4 rings (SSSR count). The van der Waals surface area contributed by atoms with E-state index in [4.69, 9.17) is 4.74 Å². The van der Waals surface area contributed by atoms with Crippen LogP contribution >= 0.6 is 0 Å². The average Bonchev–Trinajstić information content (AvgIpc) is 3.26. The SMILES string of the molecule is CCOC(=O)c1ccc(-n2cc(CN3CCN(c4ccccc4)C(=O)C3=O)nn2)cc1. The van der Waals surface area contributed by atoms with Crippen LogP contribution in [0.15, 0.2) is 60.8 Å². The molecule has 0 atom stereocenters. The van der Waals surface area contributed by atoms with Crippen molar-refractivity contribution in [3.8, 4) is 5.69 Å². The molecule has 158 valence electrons. The fourth-order valence-corrected chi connectivity index (χ4v) is 3.34. The van der Waals surface area contributed by atoms with Crippen molar-refractivity contribution in [3.05, 3.63) is 72.1 Å². The number of anilines is 1. The minimum atomic E-state index is -0.566. The zero-order valence-corrected chi connectivity index (χ0v) is 17.0. The van der Waals surface area contributed by atoms with Crippen LogP contribution in [-0.4, -0.2) is 57.4 Å². The quantitative estimate of drug-likeness (QED) is 0.447. The highest BCUT2D eigenvalue weighted by molar-refractivity contribution is 6.40. The summed E-state index contributed by atoms with van der Waals surface area (Å²) in [5.41, 5.74) is 2.43. The fraction of sp³-hybridized carbons (Fsp3) is 0.227. The van der Waals surface area contributed by atoms with Crippen LogP contribution in [0.4, 0.5) is 5.69 Å². The summed E-state index contributed by atoms with van der Waals surface area (Å²) >= 11 is 0. The van der Waals surface area contributed by atoms with E-state index in [-0.39, 0.29) is 12.5 Å². The van der Waals surface area contributed by atoms with Gasteiger partial charge in [-0.05, 0) is 43.3 Å². The maximum Gasteiger partial charge on any atom is 0.338 e. The van der Waals surface area contributed by atoms with Crippen molar-refractivity contribution in [2.24, 2.45) is 0 Å². The number of hydrogen-bond acceptors (Lipinski definition) is 6. The van der Waals surface area contributed by atoms with Crippen molar-refractivity contribution in [2.75, 3.05) is 24.6 Å². The first kappa shape index (κ1) is 20.3. The third-order valence-corrected chi connectivity index (χ3v) is 4.91. The predicted molar refractivity (Wildman–Crippen MR) is 112 cm³/mol. The molecule has 2 heterocycles. The number of carbonyl (C=O) groups excluding carboxylic acids is 3. The van der Waals surface area contributed by atoms with Gasteiger partial charge in [0.2, 0.25) is 0 Å². The van der Waals surface area contributed by atoms with Gasteiger partial charge in [-0.15, -0.1) is 5.10 Å². The van der Waals surface area contributed by atoms with Gasteiger partial charge in [0.1, 0.15) is 5.69 Å². The van der Waals surface area contributed by atoms with E-state index in [9.17, 15) is 14.4 Å². The molecule has 0 radical (unpaired) electrons. The van der Waals surface area contributed by atoms with Crippen molar-refractivity contribution >= 4 is 23.5 Å². The number of carbonyl (C=O) groups is 3. The third kappa shape index (κ3) is 4.30. The molecule has 2 aromatic carbocycles. The van der Waals surface area contributed by atoms with Crippen molar-refractivity contribution in [3.63, 3.8) is 0 Å². The van der Waals surface area contributed by atoms with Gasteiger partial charge in [-0.2, -0.15) is 0 Å². The molecule has 0 N–H and O–H groups in total. The number of ether oxygens (including phenoxy) is 1. The van der Waals surface area contributed by atoms with Crippen molar-refractivity contribution < 1.29 is 19.1 Å². The molecule has 31 heavy (non-hydrogen) atoms. The van der Waals surface area contributed by atoms with Crippen LogP contribution in [0.1, 0.15) is 23.0 Å². The second-order valence-electron chi connectivity index (χ2n) is 6.94. The molecular formula is C22H21N5O4. The van der Waals surface area contributed by atoms with E-state index in [1.54, 1.807) is 54.2 Å². The molecule has 1 fully saturated rings. The van der Waals surface area contributed by atoms with E-state index in [0.29, 0.717) is 42.3 Å². The number of rotatable bonds is 6. The number of nitrogens with zero attached hydrogens (tertiary/aromatic N) is 5. The van der Waals surface area contributed by atoms with E-state index in [1.807, 2.05) is 18.2 Å². The predicted octanol–water partition coefficient (Wildman–Crippen LogP) is 1.82. The van der Waals surface area contributed by atoms with E-state index < -0.39 is 11.8 Å². The van der Waals surface area contributed by atoms with Crippen LogP contribution in [0.2, 0.25) is 0 Å². The van der Waals surface area contributed by atoms with E-state index in [2.05, 4.69) is 10.3 Å². The number of aromatic nitrogens is 3. The summed E-state index contributed by atoms with van der Waals surface area (Å²) in [5.74, 6) is -1.51. The Balaban J connectivity index is 1.42. The lowest BCUT2D eigenvalue weighted by atomic mass is 10.2. The second-order valence-corrected chi connectivity index (χ2v) is 6.94. The number of hydrogen-bond donors (Lipinski definition) is 0. The highest BCUT2D eigenvalue weighted by Gasteiger charge is 2.33. The Morgan fingerprint density at radius 2 is 1.71 bits per heavy atom. The lowest BCUT2D eigenvalue weighted by Gasteiger charge is -2.33. The molecular weight excluding hydrogens is 398 g/mol. The summed E-state index contributed by atoms with van der Waals surface area (Å²) in [5, 5.41) is 8.20. The molecule has 0 bridgehead atoms.